The fraction of sp³-hybridized carbons (Fsp3) is 0.321. The molecule has 0 aliphatic carbocycles. The van der Waals surface area contributed by atoms with Crippen LogP contribution in [0.15, 0.2) is 65.9 Å². The van der Waals surface area contributed by atoms with E-state index in [9.17, 15) is 14.7 Å². The average Bonchev–Trinajstić information content (AvgIpc) is 3.45. The van der Waals surface area contributed by atoms with E-state index in [1.807, 2.05) is 48.5 Å². The molecule has 1 fully saturated rings. The number of morpholine rings is 1. The standard InChI is InChI=1S/C28H29N3O5S/c1-18-26(37-27(29-18)19-7-4-3-5-8-19)24(32)22-23(20-9-6-10-21(17-20)35-2)31(28(34)25(22)33)12-11-30-13-15-36-16-14-30/h3-10,17,23,33H,11-16H2,1-2H3. The second kappa shape index (κ2) is 10.8. The van der Waals surface area contributed by atoms with Crippen molar-refractivity contribution in [3.63, 3.8) is 0 Å². The predicted octanol–water partition coefficient (Wildman–Crippen LogP) is 4.04. The molecule has 1 unspecified atom stereocenters. The van der Waals surface area contributed by atoms with E-state index in [0.717, 1.165) is 18.7 Å². The van der Waals surface area contributed by atoms with Gasteiger partial charge >= 0.3 is 0 Å². The zero-order valence-electron chi connectivity index (χ0n) is 20.8. The van der Waals surface area contributed by atoms with Crippen LogP contribution in [0.25, 0.3) is 10.6 Å². The van der Waals surface area contributed by atoms with Gasteiger partial charge in [-0.3, -0.25) is 14.5 Å². The van der Waals surface area contributed by atoms with Crippen LogP contribution in [0, 0.1) is 6.92 Å². The lowest BCUT2D eigenvalue weighted by molar-refractivity contribution is -0.129. The Bertz CT molecular complexity index is 1330. The number of nitrogens with zero attached hydrogens (tertiary/aromatic N) is 3. The summed E-state index contributed by atoms with van der Waals surface area (Å²) in [4.78, 5) is 36.2. The van der Waals surface area contributed by atoms with E-state index < -0.39 is 17.7 Å². The van der Waals surface area contributed by atoms with Gasteiger partial charge in [0.25, 0.3) is 5.91 Å². The van der Waals surface area contributed by atoms with Crippen LogP contribution in [0.5, 0.6) is 5.75 Å². The third-order valence-electron chi connectivity index (χ3n) is 6.74. The number of benzene rings is 2. The summed E-state index contributed by atoms with van der Waals surface area (Å²) >= 11 is 1.27. The molecule has 2 aliphatic heterocycles. The highest BCUT2D eigenvalue weighted by molar-refractivity contribution is 7.17. The number of thiazole rings is 1. The van der Waals surface area contributed by atoms with Gasteiger partial charge in [0.05, 0.1) is 42.5 Å². The number of carbonyl (C=O) groups excluding carboxylic acids is 2. The number of aliphatic hydroxyl groups excluding tert-OH is 1. The molecule has 1 N–H and O–H groups in total. The Kier molecular flexibility index (Phi) is 7.36. The number of aryl methyl sites for hydroxylation is 1. The number of ether oxygens (including phenoxy) is 2. The normalized spacial score (nSPS) is 18.5. The van der Waals surface area contributed by atoms with Gasteiger partial charge < -0.3 is 19.5 Å². The Morgan fingerprint density at radius 3 is 2.62 bits per heavy atom. The van der Waals surface area contributed by atoms with Gasteiger partial charge in [0.2, 0.25) is 5.78 Å². The first-order chi connectivity index (χ1) is 18.0. The number of hydrogen-bond acceptors (Lipinski definition) is 8. The van der Waals surface area contributed by atoms with Crippen molar-refractivity contribution in [3.8, 4) is 16.3 Å². The monoisotopic (exact) mass is 519 g/mol. The molecular weight excluding hydrogens is 490 g/mol. The molecule has 1 saturated heterocycles. The molecule has 0 saturated carbocycles. The van der Waals surface area contributed by atoms with Crippen LogP contribution < -0.4 is 4.74 Å². The third kappa shape index (κ3) is 5.02. The largest absolute Gasteiger partial charge is 0.503 e. The number of methoxy groups -OCH3 is 1. The minimum atomic E-state index is -0.738. The first-order valence-corrected chi connectivity index (χ1v) is 13.0. The van der Waals surface area contributed by atoms with Crippen molar-refractivity contribution < 1.29 is 24.2 Å². The molecule has 9 heteroatoms. The van der Waals surface area contributed by atoms with Gasteiger partial charge in [-0.2, -0.15) is 0 Å². The quantitative estimate of drug-likeness (QED) is 0.449. The second-order valence-electron chi connectivity index (χ2n) is 9.02. The first kappa shape index (κ1) is 25.1. The molecule has 1 aromatic heterocycles. The lowest BCUT2D eigenvalue weighted by Gasteiger charge is -2.31. The fourth-order valence-electron chi connectivity index (χ4n) is 4.78. The number of rotatable bonds is 8. The molecule has 1 atom stereocenters. The van der Waals surface area contributed by atoms with Gasteiger partial charge in [0, 0.05) is 31.7 Å². The number of carbonyl (C=O) groups is 2. The van der Waals surface area contributed by atoms with E-state index in [2.05, 4.69) is 9.88 Å². The maximum atomic E-state index is 14.0. The summed E-state index contributed by atoms with van der Waals surface area (Å²) in [6.07, 6.45) is 0. The van der Waals surface area contributed by atoms with Crippen LogP contribution in [0.3, 0.4) is 0 Å². The summed E-state index contributed by atoms with van der Waals surface area (Å²) < 4.78 is 10.8. The molecule has 3 heterocycles. The maximum absolute atomic E-state index is 14.0. The van der Waals surface area contributed by atoms with Gasteiger partial charge in [0.15, 0.2) is 5.76 Å². The molecule has 192 valence electrons. The minimum Gasteiger partial charge on any atom is -0.503 e. The molecule has 1 amide bonds. The van der Waals surface area contributed by atoms with Crippen LogP contribution in [-0.4, -0.2) is 78.1 Å². The van der Waals surface area contributed by atoms with Gasteiger partial charge in [-0.15, -0.1) is 11.3 Å². The molecule has 0 spiro atoms. The molecule has 2 aliphatic rings. The summed E-state index contributed by atoms with van der Waals surface area (Å²) in [5, 5.41) is 11.8. The molecular formula is C28H29N3O5S. The summed E-state index contributed by atoms with van der Waals surface area (Å²) in [5.41, 5.74) is 2.25. The minimum absolute atomic E-state index is 0.0755. The van der Waals surface area contributed by atoms with Crippen molar-refractivity contribution in [1.82, 2.24) is 14.8 Å². The smallest absolute Gasteiger partial charge is 0.290 e. The first-order valence-electron chi connectivity index (χ1n) is 12.2. The van der Waals surface area contributed by atoms with Crippen LogP contribution in [0.4, 0.5) is 0 Å². The van der Waals surface area contributed by atoms with Gasteiger partial charge in [0.1, 0.15) is 10.8 Å². The van der Waals surface area contributed by atoms with E-state index in [1.165, 1.54) is 11.3 Å². The predicted molar refractivity (Wildman–Crippen MR) is 141 cm³/mol. The summed E-state index contributed by atoms with van der Waals surface area (Å²) in [6.45, 7) is 5.60. The lowest BCUT2D eigenvalue weighted by atomic mass is 9.95. The molecule has 3 aromatic rings. The van der Waals surface area contributed by atoms with Gasteiger partial charge in [-0.05, 0) is 24.6 Å². The Morgan fingerprint density at radius 1 is 1.14 bits per heavy atom. The van der Waals surface area contributed by atoms with Crippen LogP contribution in [0.1, 0.15) is 27.0 Å². The summed E-state index contributed by atoms with van der Waals surface area (Å²) in [6, 6.07) is 16.2. The maximum Gasteiger partial charge on any atom is 0.290 e. The molecule has 8 nitrogen and oxygen atoms in total. The number of Topliss-reactive ketones (excluding diaryl/α,β-unsaturated/α-hetero) is 1. The Morgan fingerprint density at radius 2 is 1.89 bits per heavy atom. The lowest BCUT2D eigenvalue weighted by Crippen LogP contribution is -2.43. The molecule has 37 heavy (non-hydrogen) atoms. The highest BCUT2D eigenvalue weighted by Gasteiger charge is 2.44. The molecule has 0 bridgehead atoms. The van der Waals surface area contributed by atoms with Crippen molar-refractivity contribution in [1.29, 1.82) is 0 Å². The number of ketones is 1. The number of aromatic nitrogens is 1. The Labute approximate surface area is 219 Å². The zero-order valence-corrected chi connectivity index (χ0v) is 21.7. The van der Waals surface area contributed by atoms with Crippen LogP contribution >= 0.6 is 11.3 Å². The molecule has 5 rings (SSSR count). The average molecular weight is 520 g/mol. The third-order valence-corrected chi connectivity index (χ3v) is 7.95. The van der Waals surface area contributed by atoms with Crippen molar-refractivity contribution in [2.45, 2.75) is 13.0 Å². The van der Waals surface area contributed by atoms with E-state index in [0.29, 0.717) is 53.2 Å². The molecule has 0 radical (unpaired) electrons. The highest BCUT2D eigenvalue weighted by Crippen LogP contribution is 2.41. The van der Waals surface area contributed by atoms with Gasteiger partial charge in [-0.1, -0.05) is 42.5 Å². The zero-order chi connectivity index (χ0) is 25.9. The van der Waals surface area contributed by atoms with E-state index in [1.54, 1.807) is 25.0 Å². The summed E-state index contributed by atoms with van der Waals surface area (Å²) in [5.74, 6) is -0.829. The Hall–Kier alpha value is -3.53. The van der Waals surface area contributed by atoms with Crippen molar-refractivity contribution >= 4 is 23.0 Å². The van der Waals surface area contributed by atoms with Crippen LogP contribution in [-0.2, 0) is 9.53 Å². The van der Waals surface area contributed by atoms with E-state index in [4.69, 9.17) is 9.47 Å². The SMILES string of the molecule is COc1cccc(C2C(C(=O)c3sc(-c4ccccc4)nc3C)=C(O)C(=O)N2CCN2CCOCC2)c1. The van der Waals surface area contributed by atoms with Crippen molar-refractivity contribution in [3.05, 3.63) is 82.1 Å². The fourth-order valence-corrected chi connectivity index (χ4v) is 5.81. The number of aliphatic hydroxyl groups is 1. The van der Waals surface area contributed by atoms with Crippen LogP contribution in [0.2, 0.25) is 0 Å². The number of hydrogen-bond donors (Lipinski definition) is 1. The Balaban J connectivity index is 1.51. The number of amides is 1. The van der Waals surface area contributed by atoms with Crippen molar-refractivity contribution in [2.75, 3.05) is 46.5 Å². The second-order valence-corrected chi connectivity index (χ2v) is 10.0. The van der Waals surface area contributed by atoms with Gasteiger partial charge in [-0.25, -0.2) is 4.98 Å². The summed E-state index contributed by atoms with van der Waals surface area (Å²) in [7, 11) is 1.57. The van der Waals surface area contributed by atoms with E-state index >= 15 is 0 Å². The molecule has 2 aromatic carbocycles. The topological polar surface area (TPSA) is 92.2 Å². The highest BCUT2D eigenvalue weighted by atomic mass is 32.1. The van der Waals surface area contributed by atoms with E-state index in [-0.39, 0.29) is 11.4 Å². The van der Waals surface area contributed by atoms with Crippen molar-refractivity contribution in [2.24, 2.45) is 0 Å².